The molecule has 136 valence electrons. The number of fused-ring (bicyclic) bond motifs is 5. The third-order valence-electron chi connectivity index (χ3n) is 7.11. The first-order valence-corrected chi connectivity index (χ1v) is 9.44. The number of nitrogens with zero attached hydrogens (tertiary/aromatic N) is 1. The molecule has 4 rings (SSSR count). The molecule has 2 saturated carbocycles. The molecule has 0 aliphatic heterocycles. The van der Waals surface area contributed by atoms with E-state index in [4.69, 9.17) is 10.6 Å². The first kappa shape index (κ1) is 16.7. The minimum Gasteiger partial charge on any atom is -0.504 e. The van der Waals surface area contributed by atoms with Crippen molar-refractivity contribution < 1.29 is 14.9 Å². The second-order valence-electron chi connectivity index (χ2n) is 8.13. The summed E-state index contributed by atoms with van der Waals surface area (Å²) >= 11 is 0. The molecular weight excluding hydrogens is 316 g/mol. The molecule has 1 aromatic carbocycles. The van der Waals surface area contributed by atoms with Crippen LogP contribution in [0.15, 0.2) is 17.2 Å². The van der Waals surface area contributed by atoms with Crippen molar-refractivity contribution in [3.63, 3.8) is 0 Å². The molecule has 25 heavy (non-hydrogen) atoms. The summed E-state index contributed by atoms with van der Waals surface area (Å²) in [6.07, 6.45) is 4.69. The number of phenols is 1. The summed E-state index contributed by atoms with van der Waals surface area (Å²) in [4.78, 5) is 0. The van der Waals surface area contributed by atoms with Gasteiger partial charge in [0.2, 0.25) is 0 Å². The van der Waals surface area contributed by atoms with Crippen LogP contribution in [0.3, 0.4) is 0 Å². The standard InChI is InChI=1S/C20H28N2O3/c1-3-25-18-10-12-11-6-7-20(2)15(4-5-19(20)24)13(11)8-16(22-21)14(12)9-17(18)23/h9-11,13,15,19,23-24H,3-8,21H2,1-2H3/b22-16-/t11-,13-,15+,19+,20+/m1/s1. The van der Waals surface area contributed by atoms with Crippen LogP contribution in [0.5, 0.6) is 11.5 Å². The monoisotopic (exact) mass is 344 g/mol. The van der Waals surface area contributed by atoms with Gasteiger partial charge in [-0.3, -0.25) is 0 Å². The first-order chi connectivity index (χ1) is 12.0. The molecule has 0 heterocycles. The van der Waals surface area contributed by atoms with Crippen molar-refractivity contribution in [1.29, 1.82) is 0 Å². The van der Waals surface area contributed by atoms with Crippen LogP contribution in [0, 0.1) is 17.3 Å². The Labute approximate surface area is 148 Å². The van der Waals surface area contributed by atoms with E-state index in [1.807, 2.05) is 13.0 Å². The summed E-state index contributed by atoms with van der Waals surface area (Å²) in [7, 11) is 0. The molecule has 3 aliphatic rings. The second-order valence-corrected chi connectivity index (χ2v) is 8.13. The van der Waals surface area contributed by atoms with Gasteiger partial charge >= 0.3 is 0 Å². The van der Waals surface area contributed by atoms with Gasteiger partial charge in [-0.25, -0.2) is 0 Å². The predicted octanol–water partition coefficient (Wildman–Crippen LogP) is 3.13. The lowest BCUT2D eigenvalue weighted by Crippen LogP contribution is -2.45. The normalized spacial score (nSPS) is 38.1. The number of aliphatic hydroxyl groups excluding tert-OH is 1. The van der Waals surface area contributed by atoms with Crippen LogP contribution in [0.1, 0.15) is 63.0 Å². The van der Waals surface area contributed by atoms with Gasteiger partial charge in [0, 0.05) is 5.56 Å². The smallest absolute Gasteiger partial charge is 0.161 e. The van der Waals surface area contributed by atoms with Gasteiger partial charge in [-0.1, -0.05) is 6.92 Å². The van der Waals surface area contributed by atoms with E-state index in [0.29, 0.717) is 30.1 Å². The van der Waals surface area contributed by atoms with E-state index in [9.17, 15) is 10.2 Å². The average molecular weight is 344 g/mol. The minimum absolute atomic E-state index is 0.0120. The maximum absolute atomic E-state index is 10.5. The van der Waals surface area contributed by atoms with E-state index in [1.165, 1.54) is 5.56 Å². The highest BCUT2D eigenvalue weighted by atomic mass is 16.5. The molecule has 5 atom stereocenters. The van der Waals surface area contributed by atoms with Gasteiger partial charge in [0.15, 0.2) is 11.5 Å². The number of benzene rings is 1. The third-order valence-corrected chi connectivity index (χ3v) is 7.11. The molecule has 0 unspecified atom stereocenters. The van der Waals surface area contributed by atoms with Crippen LogP contribution >= 0.6 is 0 Å². The molecule has 1 aromatic rings. The van der Waals surface area contributed by atoms with Gasteiger partial charge in [0.25, 0.3) is 0 Å². The molecule has 0 amide bonds. The van der Waals surface area contributed by atoms with Gasteiger partial charge < -0.3 is 20.8 Å². The fourth-order valence-electron chi connectivity index (χ4n) is 5.80. The number of hydrogen-bond acceptors (Lipinski definition) is 5. The van der Waals surface area contributed by atoms with E-state index in [1.54, 1.807) is 6.07 Å². The molecule has 0 aromatic heterocycles. The maximum Gasteiger partial charge on any atom is 0.161 e. The van der Waals surface area contributed by atoms with Crippen molar-refractivity contribution in [1.82, 2.24) is 0 Å². The van der Waals surface area contributed by atoms with E-state index >= 15 is 0 Å². The SMILES string of the molecule is CCOc1cc2c(cc1O)/C(=N\N)C[C@@H]1[C@@H]2CC[C@]2(C)[C@@H](O)CC[C@@H]12. The molecule has 5 heteroatoms. The quantitative estimate of drug-likeness (QED) is 0.568. The summed E-state index contributed by atoms with van der Waals surface area (Å²) in [5, 5.41) is 24.9. The Morgan fingerprint density at radius 3 is 2.84 bits per heavy atom. The van der Waals surface area contributed by atoms with Crippen LogP contribution in [-0.2, 0) is 0 Å². The van der Waals surface area contributed by atoms with Gasteiger partial charge in [0.1, 0.15) is 0 Å². The van der Waals surface area contributed by atoms with Crippen LogP contribution < -0.4 is 10.6 Å². The van der Waals surface area contributed by atoms with Crippen molar-refractivity contribution in [2.24, 2.45) is 28.2 Å². The van der Waals surface area contributed by atoms with Gasteiger partial charge in [0.05, 0.1) is 18.4 Å². The van der Waals surface area contributed by atoms with Crippen molar-refractivity contribution in [3.8, 4) is 11.5 Å². The molecule has 2 fully saturated rings. The summed E-state index contributed by atoms with van der Waals surface area (Å²) in [6, 6.07) is 3.75. The Hall–Kier alpha value is -1.75. The van der Waals surface area contributed by atoms with E-state index in [-0.39, 0.29) is 17.3 Å². The fraction of sp³-hybridized carbons (Fsp3) is 0.650. The molecule has 0 bridgehead atoms. The average Bonchev–Trinajstić information content (AvgIpc) is 2.90. The van der Waals surface area contributed by atoms with Crippen LogP contribution in [0.4, 0.5) is 0 Å². The Morgan fingerprint density at radius 1 is 1.32 bits per heavy atom. The van der Waals surface area contributed by atoms with Gasteiger partial charge in [-0.2, -0.15) is 5.10 Å². The number of aromatic hydroxyl groups is 1. The lowest BCUT2D eigenvalue weighted by Gasteiger charge is -2.50. The lowest BCUT2D eigenvalue weighted by molar-refractivity contribution is -0.0177. The number of phenolic OH excluding ortho intramolecular Hbond substituents is 1. The van der Waals surface area contributed by atoms with Gasteiger partial charge in [-0.15, -0.1) is 0 Å². The number of rotatable bonds is 2. The van der Waals surface area contributed by atoms with Crippen molar-refractivity contribution in [2.45, 2.75) is 58.0 Å². The third kappa shape index (κ3) is 2.35. The highest BCUT2D eigenvalue weighted by Gasteiger charge is 2.55. The van der Waals surface area contributed by atoms with Gasteiger partial charge in [-0.05, 0) is 79.9 Å². The van der Waals surface area contributed by atoms with Crippen molar-refractivity contribution in [3.05, 3.63) is 23.3 Å². The highest BCUT2D eigenvalue weighted by Crippen LogP contribution is 2.61. The van der Waals surface area contributed by atoms with Crippen molar-refractivity contribution in [2.75, 3.05) is 6.61 Å². The largest absolute Gasteiger partial charge is 0.504 e. The zero-order valence-electron chi connectivity index (χ0n) is 15.0. The van der Waals surface area contributed by atoms with E-state index in [0.717, 1.165) is 43.4 Å². The molecule has 3 aliphatic carbocycles. The maximum atomic E-state index is 10.5. The molecule has 4 N–H and O–H groups in total. The number of ether oxygens (including phenoxy) is 1. The minimum atomic E-state index is -0.197. The number of aliphatic hydroxyl groups is 1. The Balaban J connectivity index is 1.79. The molecular formula is C20H28N2O3. The summed E-state index contributed by atoms with van der Waals surface area (Å²) < 4.78 is 5.61. The van der Waals surface area contributed by atoms with Crippen LogP contribution in [0.2, 0.25) is 0 Å². The van der Waals surface area contributed by atoms with Crippen LogP contribution in [-0.4, -0.2) is 28.6 Å². The zero-order chi connectivity index (χ0) is 17.8. The Kier molecular flexibility index (Phi) is 3.95. The molecule has 0 radical (unpaired) electrons. The Morgan fingerprint density at radius 2 is 2.12 bits per heavy atom. The fourth-order valence-corrected chi connectivity index (χ4v) is 5.80. The molecule has 0 spiro atoms. The number of nitrogens with two attached hydrogens (primary N) is 1. The number of hydrazone groups is 1. The predicted molar refractivity (Wildman–Crippen MR) is 96.9 cm³/mol. The highest BCUT2D eigenvalue weighted by molar-refractivity contribution is 6.03. The van der Waals surface area contributed by atoms with Crippen LogP contribution in [0.25, 0.3) is 0 Å². The lowest BCUT2D eigenvalue weighted by atomic mass is 9.55. The van der Waals surface area contributed by atoms with E-state index < -0.39 is 0 Å². The Bertz CT molecular complexity index is 717. The van der Waals surface area contributed by atoms with Crippen molar-refractivity contribution >= 4 is 5.71 Å². The molecule has 5 nitrogen and oxygen atoms in total. The van der Waals surface area contributed by atoms with E-state index in [2.05, 4.69) is 12.0 Å². The second kappa shape index (κ2) is 5.90. The zero-order valence-corrected chi connectivity index (χ0v) is 15.0. The molecule has 0 saturated heterocycles. The first-order valence-electron chi connectivity index (χ1n) is 9.44. The number of hydrogen-bond donors (Lipinski definition) is 3. The summed E-state index contributed by atoms with van der Waals surface area (Å²) in [6.45, 7) is 4.69. The summed E-state index contributed by atoms with van der Waals surface area (Å²) in [5.74, 6) is 7.76. The summed E-state index contributed by atoms with van der Waals surface area (Å²) in [5.41, 5.74) is 3.04. The topological polar surface area (TPSA) is 88.1 Å².